The fourth-order valence-electron chi connectivity index (χ4n) is 3.26. The Hall–Kier alpha value is -2.49. The van der Waals surface area contributed by atoms with Gasteiger partial charge in [-0.15, -0.1) is 0 Å². The molecule has 2 atom stereocenters. The minimum absolute atomic E-state index is 0.0600. The molecule has 0 aromatic heterocycles. The molecule has 2 aromatic carbocycles. The molecule has 152 valence electrons. The van der Waals surface area contributed by atoms with E-state index in [-0.39, 0.29) is 11.9 Å². The molecule has 0 unspecified atom stereocenters. The maximum Gasteiger partial charge on any atom is 0.261 e. The maximum atomic E-state index is 13.0. The largest absolute Gasteiger partial charge is 0.497 e. The molecular weight excluding hydrogens is 350 g/mol. The van der Waals surface area contributed by atoms with Crippen molar-refractivity contribution in [2.45, 2.75) is 59.6 Å². The Bertz CT molecular complexity index is 768. The van der Waals surface area contributed by atoms with E-state index in [4.69, 9.17) is 9.47 Å². The van der Waals surface area contributed by atoms with E-state index in [1.165, 1.54) is 5.56 Å². The van der Waals surface area contributed by atoms with Crippen LogP contribution in [-0.4, -0.2) is 19.1 Å². The summed E-state index contributed by atoms with van der Waals surface area (Å²) in [5.41, 5.74) is 3.29. The van der Waals surface area contributed by atoms with Crippen molar-refractivity contribution in [2.24, 2.45) is 5.92 Å². The molecule has 0 aliphatic rings. The zero-order chi connectivity index (χ0) is 20.7. The van der Waals surface area contributed by atoms with Gasteiger partial charge in [-0.25, -0.2) is 0 Å². The van der Waals surface area contributed by atoms with Crippen LogP contribution in [-0.2, 0) is 4.79 Å². The Morgan fingerprint density at radius 1 is 1.07 bits per heavy atom. The van der Waals surface area contributed by atoms with Gasteiger partial charge in [0.1, 0.15) is 11.5 Å². The standard InChI is InChI=1S/C24H33NO3/c1-7-22(28-23-13-8-17(4)15-18(23)5)24(26)25-21(14-16(2)3)19-9-11-20(27-6)12-10-19/h8-13,15-16,21-22H,7,14H2,1-6H3,(H,25,26)/t21-,22+/m1/s1. The van der Waals surface area contributed by atoms with Crippen LogP contribution in [0.3, 0.4) is 0 Å². The number of benzene rings is 2. The van der Waals surface area contributed by atoms with Gasteiger partial charge in [-0.05, 0) is 61.9 Å². The summed E-state index contributed by atoms with van der Waals surface area (Å²) in [7, 11) is 1.65. The average Bonchev–Trinajstić information content (AvgIpc) is 2.66. The van der Waals surface area contributed by atoms with Crippen LogP contribution >= 0.6 is 0 Å². The Morgan fingerprint density at radius 3 is 2.29 bits per heavy atom. The van der Waals surface area contributed by atoms with Gasteiger partial charge >= 0.3 is 0 Å². The van der Waals surface area contributed by atoms with Gasteiger partial charge in [0.25, 0.3) is 5.91 Å². The van der Waals surface area contributed by atoms with Crippen molar-refractivity contribution in [3.8, 4) is 11.5 Å². The summed E-state index contributed by atoms with van der Waals surface area (Å²) < 4.78 is 11.3. The number of methoxy groups -OCH3 is 1. The van der Waals surface area contributed by atoms with Crippen molar-refractivity contribution in [3.63, 3.8) is 0 Å². The highest BCUT2D eigenvalue weighted by Crippen LogP contribution is 2.25. The lowest BCUT2D eigenvalue weighted by atomic mass is 9.96. The first kappa shape index (κ1) is 21.8. The fourth-order valence-corrected chi connectivity index (χ4v) is 3.26. The van der Waals surface area contributed by atoms with Gasteiger partial charge in [-0.2, -0.15) is 0 Å². The molecule has 0 aliphatic heterocycles. The number of ether oxygens (including phenoxy) is 2. The quantitative estimate of drug-likeness (QED) is 0.633. The van der Waals surface area contributed by atoms with Gasteiger partial charge in [0.05, 0.1) is 13.2 Å². The number of amides is 1. The molecule has 1 N–H and O–H groups in total. The molecule has 2 rings (SSSR count). The smallest absolute Gasteiger partial charge is 0.261 e. The highest BCUT2D eigenvalue weighted by Gasteiger charge is 2.24. The molecule has 0 spiro atoms. The monoisotopic (exact) mass is 383 g/mol. The summed E-state index contributed by atoms with van der Waals surface area (Å²) in [5.74, 6) is 1.94. The van der Waals surface area contributed by atoms with Crippen LogP contribution in [0.1, 0.15) is 56.3 Å². The molecule has 0 fully saturated rings. The van der Waals surface area contributed by atoms with Crippen LogP contribution in [0.2, 0.25) is 0 Å². The highest BCUT2D eigenvalue weighted by molar-refractivity contribution is 5.81. The molecule has 28 heavy (non-hydrogen) atoms. The second-order valence-electron chi connectivity index (χ2n) is 7.75. The van der Waals surface area contributed by atoms with Gasteiger partial charge in [0.15, 0.2) is 6.10 Å². The van der Waals surface area contributed by atoms with E-state index in [0.29, 0.717) is 12.3 Å². The summed E-state index contributed by atoms with van der Waals surface area (Å²) in [6.45, 7) is 10.3. The third-order valence-electron chi connectivity index (χ3n) is 4.80. The van der Waals surface area contributed by atoms with Crippen molar-refractivity contribution in [1.82, 2.24) is 5.32 Å². The highest BCUT2D eigenvalue weighted by atomic mass is 16.5. The molecule has 0 bridgehead atoms. The first-order valence-electron chi connectivity index (χ1n) is 10.0. The average molecular weight is 384 g/mol. The normalized spacial score (nSPS) is 13.1. The maximum absolute atomic E-state index is 13.0. The Kier molecular flexibility index (Phi) is 7.91. The predicted molar refractivity (Wildman–Crippen MR) is 114 cm³/mol. The molecule has 0 saturated carbocycles. The van der Waals surface area contributed by atoms with Gasteiger partial charge in [-0.3, -0.25) is 4.79 Å². The molecule has 0 heterocycles. The van der Waals surface area contributed by atoms with Crippen molar-refractivity contribution >= 4 is 5.91 Å². The lowest BCUT2D eigenvalue weighted by molar-refractivity contribution is -0.129. The van der Waals surface area contributed by atoms with Crippen LogP contribution in [0.15, 0.2) is 42.5 Å². The van der Waals surface area contributed by atoms with Crippen LogP contribution in [0, 0.1) is 19.8 Å². The minimum Gasteiger partial charge on any atom is -0.497 e. The number of hydrogen-bond acceptors (Lipinski definition) is 3. The van der Waals surface area contributed by atoms with Crippen molar-refractivity contribution in [2.75, 3.05) is 7.11 Å². The minimum atomic E-state index is -0.519. The summed E-state index contributed by atoms with van der Waals surface area (Å²) in [6, 6.07) is 13.8. The molecule has 0 radical (unpaired) electrons. The predicted octanol–water partition coefficient (Wildman–Crippen LogP) is 5.37. The lowest BCUT2D eigenvalue weighted by Gasteiger charge is -2.25. The molecule has 1 amide bonds. The van der Waals surface area contributed by atoms with Gasteiger partial charge in [-0.1, -0.05) is 50.6 Å². The van der Waals surface area contributed by atoms with E-state index >= 15 is 0 Å². The second-order valence-corrected chi connectivity index (χ2v) is 7.75. The first-order chi connectivity index (χ1) is 13.3. The van der Waals surface area contributed by atoms with Crippen LogP contribution in [0.5, 0.6) is 11.5 Å². The van der Waals surface area contributed by atoms with Crippen LogP contribution < -0.4 is 14.8 Å². The summed E-state index contributed by atoms with van der Waals surface area (Å²) in [4.78, 5) is 13.0. The summed E-state index contributed by atoms with van der Waals surface area (Å²) in [5, 5.41) is 3.20. The topological polar surface area (TPSA) is 47.6 Å². The lowest BCUT2D eigenvalue weighted by Crippen LogP contribution is -2.40. The number of carbonyl (C=O) groups is 1. The number of rotatable bonds is 9. The number of hydrogen-bond donors (Lipinski definition) is 1. The van der Waals surface area contributed by atoms with E-state index < -0.39 is 6.10 Å². The first-order valence-corrected chi connectivity index (χ1v) is 10.0. The fraction of sp³-hybridized carbons (Fsp3) is 0.458. The van der Waals surface area contributed by atoms with Crippen molar-refractivity contribution in [3.05, 3.63) is 59.2 Å². The van der Waals surface area contributed by atoms with Gasteiger partial charge < -0.3 is 14.8 Å². The molecule has 4 heteroatoms. The molecular formula is C24H33NO3. The Labute approximate surface area is 169 Å². The number of aryl methyl sites for hydroxylation is 2. The number of carbonyl (C=O) groups excluding carboxylic acids is 1. The van der Waals surface area contributed by atoms with E-state index in [1.54, 1.807) is 7.11 Å². The molecule has 0 aliphatic carbocycles. The SMILES string of the molecule is CC[C@H](Oc1ccc(C)cc1C)C(=O)N[C@H](CC(C)C)c1ccc(OC)cc1. The Balaban J connectivity index is 2.14. The van der Waals surface area contributed by atoms with Gasteiger partial charge in [0.2, 0.25) is 0 Å². The van der Waals surface area contributed by atoms with Crippen molar-refractivity contribution < 1.29 is 14.3 Å². The van der Waals surface area contributed by atoms with E-state index in [2.05, 4.69) is 25.2 Å². The second kappa shape index (κ2) is 10.2. The third-order valence-corrected chi connectivity index (χ3v) is 4.80. The molecule has 4 nitrogen and oxygen atoms in total. The number of nitrogens with one attached hydrogen (secondary N) is 1. The van der Waals surface area contributed by atoms with E-state index in [1.807, 2.05) is 57.2 Å². The van der Waals surface area contributed by atoms with Crippen molar-refractivity contribution in [1.29, 1.82) is 0 Å². The van der Waals surface area contributed by atoms with E-state index in [0.717, 1.165) is 29.0 Å². The molecule has 2 aromatic rings. The zero-order valence-corrected chi connectivity index (χ0v) is 17.9. The zero-order valence-electron chi connectivity index (χ0n) is 17.9. The van der Waals surface area contributed by atoms with E-state index in [9.17, 15) is 4.79 Å². The van der Waals surface area contributed by atoms with Gasteiger partial charge in [0, 0.05) is 0 Å². The Morgan fingerprint density at radius 2 is 1.75 bits per heavy atom. The van der Waals surface area contributed by atoms with Crippen LogP contribution in [0.25, 0.3) is 0 Å². The van der Waals surface area contributed by atoms with Crippen LogP contribution in [0.4, 0.5) is 0 Å². The molecule has 0 saturated heterocycles. The summed E-state index contributed by atoms with van der Waals surface area (Å²) in [6.07, 6.45) is 0.947. The summed E-state index contributed by atoms with van der Waals surface area (Å²) >= 11 is 0. The third kappa shape index (κ3) is 6.01.